The molecule has 3 aromatic rings. The first-order chi connectivity index (χ1) is 18.5. The molecule has 3 aromatic carbocycles. The molecule has 0 unspecified atom stereocenters. The highest BCUT2D eigenvalue weighted by atomic mass is 35.5. The van der Waals surface area contributed by atoms with Crippen LogP contribution >= 0.6 is 11.6 Å². The summed E-state index contributed by atoms with van der Waals surface area (Å²) in [7, 11) is 0. The lowest BCUT2D eigenvalue weighted by molar-refractivity contribution is -0.153. The summed E-state index contributed by atoms with van der Waals surface area (Å²) >= 11 is 6.09. The molecular weight excluding hydrogens is 500 g/mol. The smallest absolute Gasteiger partial charge is 0.321 e. The van der Waals surface area contributed by atoms with Crippen molar-refractivity contribution in [3.63, 3.8) is 0 Å². The van der Waals surface area contributed by atoms with E-state index in [9.17, 15) is 9.59 Å². The zero-order valence-electron chi connectivity index (χ0n) is 21.3. The molecule has 5 rings (SSSR count). The number of aliphatic imine (C=N–C) groups is 1. The highest BCUT2D eigenvalue weighted by molar-refractivity contribution is 6.30. The van der Waals surface area contributed by atoms with Gasteiger partial charge in [0.25, 0.3) is 0 Å². The van der Waals surface area contributed by atoms with E-state index in [-0.39, 0.29) is 12.6 Å². The highest BCUT2D eigenvalue weighted by Gasteiger charge is 2.42. The van der Waals surface area contributed by atoms with Gasteiger partial charge in [-0.2, -0.15) is 0 Å². The van der Waals surface area contributed by atoms with Crippen molar-refractivity contribution in [1.82, 2.24) is 15.1 Å². The summed E-state index contributed by atoms with van der Waals surface area (Å²) in [5, 5.41) is 3.46. The zero-order valence-corrected chi connectivity index (χ0v) is 22.1. The molecule has 196 valence electrons. The van der Waals surface area contributed by atoms with E-state index < -0.39 is 23.8 Å². The number of piperazine rings is 1. The Kier molecular flexibility index (Phi) is 8.05. The van der Waals surface area contributed by atoms with Crippen molar-refractivity contribution < 1.29 is 14.3 Å². The molecule has 2 aliphatic rings. The molecule has 1 saturated heterocycles. The second-order valence-corrected chi connectivity index (χ2v) is 9.85. The van der Waals surface area contributed by atoms with Crippen LogP contribution in [0, 0.1) is 5.92 Å². The van der Waals surface area contributed by atoms with Gasteiger partial charge in [-0.1, -0.05) is 84.4 Å². The molecule has 1 amide bonds. The van der Waals surface area contributed by atoms with Gasteiger partial charge in [-0.05, 0) is 35.7 Å². The summed E-state index contributed by atoms with van der Waals surface area (Å²) in [5.41, 5.74) is 3.23. The molecule has 0 aromatic heterocycles. The summed E-state index contributed by atoms with van der Waals surface area (Å²) in [6, 6.07) is 27.6. The Bertz CT molecular complexity index is 1240. The summed E-state index contributed by atoms with van der Waals surface area (Å²) in [5.74, 6) is -1.54. The van der Waals surface area contributed by atoms with Gasteiger partial charge >= 0.3 is 5.97 Å². The number of rotatable bonds is 6. The van der Waals surface area contributed by atoms with Crippen molar-refractivity contribution in [1.29, 1.82) is 0 Å². The predicted molar refractivity (Wildman–Crippen MR) is 148 cm³/mol. The largest absolute Gasteiger partial charge is 0.465 e. The van der Waals surface area contributed by atoms with Gasteiger partial charge in [-0.25, -0.2) is 4.99 Å². The number of hydrogen-bond donors (Lipinski definition) is 1. The first-order valence-electron chi connectivity index (χ1n) is 12.9. The Morgan fingerprint density at radius 3 is 2.08 bits per heavy atom. The summed E-state index contributed by atoms with van der Waals surface area (Å²) in [6.45, 7) is 4.87. The third-order valence-corrected chi connectivity index (χ3v) is 7.31. The topological polar surface area (TPSA) is 74.2 Å². The van der Waals surface area contributed by atoms with E-state index >= 15 is 0 Å². The summed E-state index contributed by atoms with van der Waals surface area (Å²) in [6.07, 6.45) is 0. The van der Waals surface area contributed by atoms with Crippen LogP contribution in [0.25, 0.3) is 0 Å². The fourth-order valence-corrected chi connectivity index (χ4v) is 5.33. The van der Waals surface area contributed by atoms with Crippen molar-refractivity contribution in [2.45, 2.75) is 19.0 Å². The lowest BCUT2D eigenvalue weighted by Crippen LogP contribution is -2.57. The monoisotopic (exact) mass is 530 g/mol. The van der Waals surface area contributed by atoms with Gasteiger partial charge in [-0.3, -0.25) is 19.8 Å². The van der Waals surface area contributed by atoms with E-state index in [1.54, 1.807) is 31.2 Å². The predicted octanol–water partition coefficient (Wildman–Crippen LogP) is 4.45. The van der Waals surface area contributed by atoms with Crippen LogP contribution in [0.1, 0.15) is 35.7 Å². The molecule has 7 nitrogen and oxygen atoms in total. The van der Waals surface area contributed by atoms with Gasteiger partial charge in [0.15, 0.2) is 5.92 Å². The van der Waals surface area contributed by atoms with Crippen LogP contribution in [0.15, 0.2) is 89.9 Å². The quantitative estimate of drug-likeness (QED) is 0.376. The molecular formula is C30H31ClN4O3. The molecule has 1 N–H and O–H groups in total. The molecule has 0 saturated carbocycles. The highest BCUT2D eigenvalue weighted by Crippen LogP contribution is 2.33. The average Bonchev–Trinajstić information content (AvgIpc) is 2.95. The molecule has 2 aliphatic heterocycles. The molecule has 2 atom stereocenters. The van der Waals surface area contributed by atoms with E-state index in [0.29, 0.717) is 24.1 Å². The third-order valence-electron chi connectivity index (χ3n) is 7.06. The van der Waals surface area contributed by atoms with Crippen LogP contribution < -0.4 is 5.32 Å². The molecule has 0 radical (unpaired) electrons. The number of amides is 1. The number of carbonyl (C=O) groups excluding carboxylic acids is 2. The maximum absolute atomic E-state index is 13.2. The first-order valence-corrected chi connectivity index (χ1v) is 13.3. The minimum absolute atomic E-state index is 0.137. The van der Waals surface area contributed by atoms with Gasteiger partial charge in [0.05, 0.1) is 12.6 Å². The summed E-state index contributed by atoms with van der Waals surface area (Å²) in [4.78, 5) is 35.4. The summed E-state index contributed by atoms with van der Waals surface area (Å²) < 4.78 is 5.22. The van der Waals surface area contributed by atoms with Gasteiger partial charge in [0, 0.05) is 31.2 Å². The normalized spacial score (nSPS) is 20.1. The Balaban J connectivity index is 1.38. The molecule has 1 fully saturated rings. The Morgan fingerprint density at radius 2 is 1.53 bits per heavy atom. The Labute approximate surface area is 228 Å². The van der Waals surface area contributed by atoms with Crippen LogP contribution in [-0.2, 0) is 14.3 Å². The van der Waals surface area contributed by atoms with Gasteiger partial charge in [-0.15, -0.1) is 0 Å². The average molecular weight is 531 g/mol. The SMILES string of the molecule is CCOC(=O)[C@H]1C(=O)NC(N2CCN(C(c3ccccc3)c3ccccc3)CC2)=N[C@H]1c1ccc(Cl)cc1. The van der Waals surface area contributed by atoms with Crippen molar-refractivity contribution in [3.8, 4) is 0 Å². The Hall–Kier alpha value is -3.68. The minimum atomic E-state index is -1.05. The third kappa shape index (κ3) is 5.59. The van der Waals surface area contributed by atoms with Crippen LogP contribution in [0.4, 0.5) is 0 Å². The number of nitrogens with zero attached hydrogens (tertiary/aromatic N) is 3. The number of ether oxygens (including phenoxy) is 1. The van der Waals surface area contributed by atoms with Crippen LogP contribution in [0.5, 0.6) is 0 Å². The maximum atomic E-state index is 13.2. The molecule has 0 spiro atoms. The van der Waals surface area contributed by atoms with Crippen LogP contribution in [0.3, 0.4) is 0 Å². The van der Waals surface area contributed by atoms with Gasteiger partial charge in [0.1, 0.15) is 6.04 Å². The number of hydrogen-bond acceptors (Lipinski definition) is 6. The van der Waals surface area contributed by atoms with Crippen molar-refractivity contribution >= 4 is 29.4 Å². The molecule has 38 heavy (non-hydrogen) atoms. The fourth-order valence-electron chi connectivity index (χ4n) is 5.20. The molecule has 0 aliphatic carbocycles. The number of halogens is 1. The number of carbonyl (C=O) groups is 2. The van der Waals surface area contributed by atoms with Crippen molar-refractivity contribution in [2.24, 2.45) is 10.9 Å². The standard InChI is InChI=1S/C30H31ClN4O3/c1-2-38-29(37)25-26(21-13-15-24(31)16-14-21)32-30(33-28(25)36)35-19-17-34(18-20-35)27(22-9-5-3-6-10-22)23-11-7-4-8-12-23/h3-16,25-27H,2,17-20H2,1H3,(H,32,33,36)/t25-,26+/m1/s1. The van der Waals surface area contributed by atoms with E-state index in [1.165, 1.54) is 11.1 Å². The van der Waals surface area contributed by atoms with Crippen molar-refractivity contribution in [3.05, 3.63) is 107 Å². The number of nitrogens with one attached hydrogen (secondary N) is 1. The van der Waals surface area contributed by atoms with Gasteiger partial charge < -0.3 is 9.64 Å². The van der Waals surface area contributed by atoms with E-state index in [4.69, 9.17) is 21.3 Å². The fraction of sp³-hybridized carbons (Fsp3) is 0.300. The van der Waals surface area contributed by atoms with Crippen LogP contribution in [-0.4, -0.2) is 60.4 Å². The molecule has 2 heterocycles. The second-order valence-electron chi connectivity index (χ2n) is 9.41. The van der Waals surface area contributed by atoms with Crippen LogP contribution in [0.2, 0.25) is 5.02 Å². The molecule has 0 bridgehead atoms. The van der Waals surface area contributed by atoms with E-state index in [1.807, 2.05) is 12.1 Å². The van der Waals surface area contributed by atoms with Gasteiger partial charge in [0.2, 0.25) is 11.9 Å². The number of benzene rings is 3. The minimum Gasteiger partial charge on any atom is -0.465 e. The second kappa shape index (κ2) is 11.8. The lowest BCUT2D eigenvalue weighted by atomic mass is 9.91. The number of esters is 1. The van der Waals surface area contributed by atoms with E-state index in [0.717, 1.165) is 18.7 Å². The zero-order chi connectivity index (χ0) is 26.5. The lowest BCUT2D eigenvalue weighted by Gasteiger charge is -2.42. The van der Waals surface area contributed by atoms with E-state index in [2.05, 4.69) is 63.6 Å². The first kappa shape index (κ1) is 25.9. The van der Waals surface area contributed by atoms with Crippen molar-refractivity contribution in [2.75, 3.05) is 32.8 Å². The maximum Gasteiger partial charge on any atom is 0.321 e. The number of guanidine groups is 1. The molecule has 8 heteroatoms. The Morgan fingerprint density at radius 1 is 0.947 bits per heavy atom.